The minimum absolute atomic E-state index is 0.00976. The third-order valence-electron chi connectivity index (χ3n) is 3.63. The van der Waals surface area contributed by atoms with Crippen LogP contribution in [0.15, 0.2) is 23.2 Å². The number of nitrogens with one attached hydrogen (secondary N) is 1. The molecule has 0 fully saturated rings. The van der Waals surface area contributed by atoms with Gasteiger partial charge in [-0.2, -0.15) is 5.26 Å². The first-order valence-corrected chi connectivity index (χ1v) is 7.88. The maximum Gasteiger partial charge on any atom is 0.242 e. The molecule has 1 aromatic heterocycles. The lowest BCUT2D eigenvalue weighted by Crippen LogP contribution is -2.39. The van der Waals surface area contributed by atoms with Gasteiger partial charge in [0.1, 0.15) is 16.7 Å². The zero-order valence-electron chi connectivity index (χ0n) is 11.6. The summed E-state index contributed by atoms with van der Waals surface area (Å²) in [5.41, 5.74) is -0.289. The van der Waals surface area contributed by atoms with E-state index >= 15 is 0 Å². The van der Waals surface area contributed by atoms with Crippen LogP contribution in [0.25, 0.3) is 0 Å². The Morgan fingerprint density at radius 3 is 2.45 bits per heavy atom. The van der Waals surface area contributed by atoms with Crippen molar-refractivity contribution >= 4 is 10.0 Å². The van der Waals surface area contributed by atoms with Crippen LogP contribution in [0.2, 0.25) is 0 Å². The smallest absolute Gasteiger partial charge is 0.242 e. The molecule has 2 N–H and O–H groups in total. The molecule has 1 heterocycles. The van der Waals surface area contributed by atoms with Gasteiger partial charge in [-0.25, -0.2) is 18.1 Å². The van der Waals surface area contributed by atoms with Crippen molar-refractivity contribution in [2.75, 3.05) is 13.2 Å². The molecule has 0 spiro atoms. The Balaban J connectivity index is 2.87. The lowest BCUT2D eigenvalue weighted by Gasteiger charge is -2.29. The average molecular weight is 297 g/mol. The minimum Gasteiger partial charge on any atom is -0.396 e. The number of nitrogens with zero attached hydrogens (tertiary/aromatic N) is 2. The van der Waals surface area contributed by atoms with Gasteiger partial charge in [0.05, 0.1) is 0 Å². The molecule has 1 rings (SSSR count). The summed E-state index contributed by atoms with van der Waals surface area (Å²) in [5, 5.41) is 18.1. The van der Waals surface area contributed by atoms with Crippen molar-refractivity contribution in [2.24, 2.45) is 5.41 Å². The van der Waals surface area contributed by atoms with Crippen LogP contribution in [0, 0.1) is 16.7 Å². The van der Waals surface area contributed by atoms with Crippen molar-refractivity contribution in [2.45, 2.75) is 31.6 Å². The van der Waals surface area contributed by atoms with Crippen LogP contribution in [-0.4, -0.2) is 31.7 Å². The quantitative estimate of drug-likeness (QED) is 0.782. The maximum atomic E-state index is 12.1. The molecule has 0 atom stereocenters. The second-order valence-corrected chi connectivity index (χ2v) is 6.45. The summed E-state index contributed by atoms with van der Waals surface area (Å²) < 4.78 is 26.7. The summed E-state index contributed by atoms with van der Waals surface area (Å²) in [6, 6.07) is 4.52. The minimum atomic E-state index is -3.68. The molecule has 0 aromatic carbocycles. The van der Waals surface area contributed by atoms with E-state index in [9.17, 15) is 13.5 Å². The molecule has 0 amide bonds. The molecule has 0 bridgehead atoms. The first-order valence-electron chi connectivity index (χ1n) is 6.39. The molecule has 110 valence electrons. The zero-order valence-corrected chi connectivity index (χ0v) is 12.4. The Morgan fingerprint density at radius 1 is 1.40 bits per heavy atom. The van der Waals surface area contributed by atoms with E-state index in [0.717, 1.165) is 6.20 Å². The van der Waals surface area contributed by atoms with Gasteiger partial charge in [-0.1, -0.05) is 13.8 Å². The molecule has 0 aliphatic heterocycles. The molecular weight excluding hydrogens is 278 g/mol. The first kappa shape index (κ1) is 16.6. The van der Waals surface area contributed by atoms with E-state index in [-0.39, 0.29) is 23.7 Å². The normalized spacial score (nSPS) is 12.1. The van der Waals surface area contributed by atoms with Gasteiger partial charge < -0.3 is 5.11 Å². The van der Waals surface area contributed by atoms with Crippen LogP contribution >= 0.6 is 0 Å². The van der Waals surface area contributed by atoms with Gasteiger partial charge in [0, 0.05) is 24.8 Å². The largest absolute Gasteiger partial charge is 0.396 e. The second-order valence-electron chi connectivity index (χ2n) is 4.68. The molecule has 0 aliphatic carbocycles. The molecule has 7 heteroatoms. The van der Waals surface area contributed by atoms with Gasteiger partial charge >= 0.3 is 0 Å². The summed E-state index contributed by atoms with van der Waals surface area (Å²) in [5.74, 6) is 0. The van der Waals surface area contributed by atoms with Crippen molar-refractivity contribution in [3.8, 4) is 6.07 Å². The molecular formula is C13H19N3O3S. The van der Waals surface area contributed by atoms with Crippen molar-refractivity contribution in [1.82, 2.24) is 9.71 Å². The number of aromatic nitrogens is 1. The lowest BCUT2D eigenvalue weighted by atomic mass is 9.84. The number of aliphatic hydroxyl groups is 1. The van der Waals surface area contributed by atoms with Crippen LogP contribution < -0.4 is 4.72 Å². The lowest BCUT2D eigenvalue weighted by molar-refractivity contribution is 0.119. The van der Waals surface area contributed by atoms with E-state index in [1.165, 1.54) is 12.1 Å². The number of hydrogen-bond donors (Lipinski definition) is 2. The van der Waals surface area contributed by atoms with Crippen LogP contribution in [0.4, 0.5) is 0 Å². The van der Waals surface area contributed by atoms with Crippen LogP contribution in [-0.2, 0) is 10.0 Å². The van der Waals surface area contributed by atoms with Crippen molar-refractivity contribution in [3.05, 3.63) is 24.0 Å². The fraction of sp³-hybridized carbons (Fsp3) is 0.538. The van der Waals surface area contributed by atoms with Gasteiger partial charge in [0.15, 0.2) is 0 Å². The van der Waals surface area contributed by atoms with E-state index in [4.69, 9.17) is 5.26 Å². The summed E-state index contributed by atoms with van der Waals surface area (Å²) >= 11 is 0. The number of sulfonamides is 1. The fourth-order valence-corrected chi connectivity index (χ4v) is 2.82. The van der Waals surface area contributed by atoms with Crippen LogP contribution in [0.5, 0.6) is 0 Å². The Bertz CT molecular complexity index is 564. The third kappa shape index (κ3) is 3.76. The van der Waals surface area contributed by atoms with E-state index in [2.05, 4.69) is 9.71 Å². The maximum absolute atomic E-state index is 12.1. The highest BCUT2D eigenvalue weighted by Gasteiger charge is 2.27. The van der Waals surface area contributed by atoms with Gasteiger partial charge in [-0.3, -0.25) is 0 Å². The first-order chi connectivity index (χ1) is 9.43. The number of pyridine rings is 1. The Hall–Kier alpha value is -1.49. The predicted molar refractivity (Wildman–Crippen MR) is 74.2 cm³/mol. The molecule has 0 saturated carbocycles. The van der Waals surface area contributed by atoms with Crippen molar-refractivity contribution in [1.29, 1.82) is 5.26 Å². The third-order valence-corrected chi connectivity index (χ3v) is 5.02. The molecule has 0 saturated heterocycles. The highest BCUT2D eigenvalue weighted by molar-refractivity contribution is 7.89. The molecule has 0 unspecified atom stereocenters. The Kier molecular flexibility index (Phi) is 5.62. The molecule has 0 radical (unpaired) electrons. The summed E-state index contributed by atoms with van der Waals surface area (Å²) in [4.78, 5) is 3.75. The molecule has 1 aromatic rings. The van der Waals surface area contributed by atoms with Gasteiger partial charge in [0.2, 0.25) is 10.0 Å². The zero-order chi connectivity index (χ0) is 15.2. The summed E-state index contributed by atoms with van der Waals surface area (Å²) in [7, 11) is -3.68. The van der Waals surface area contributed by atoms with Crippen molar-refractivity contribution < 1.29 is 13.5 Å². The number of nitriles is 1. The highest BCUT2D eigenvalue weighted by atomic mass is 32.2. The summed E-state index contributed by atoms with van der Waals surface area (Å²) in [6.07, 6.45) is 2.50. The SMILES string of the molecule is CCC(CC)(CO)CNS(=O)(=O)c1ccc(C#N)nc1. The van der Waals surface area contributed by atoms with Crippen LogP contribution in [0.3, 0.4) is 0 Å². The molecule has 6 nitrogen and oxygen atoms in total. The van der Waals surface area contributed by atoms with Gasteiger partial charge in [0.25, 0.3) is 0 Å². The topological polar surface area (TPSA) is 103 Å². The Labute approximate surface area is 119 Å². The molecule has 0 aliphatic rings. The number of rotatable bonds is 7. The standard InChI is InChI=1S/C13H19N3O3S/c1-3-13(4-2,10-17)9-16-20(18,19)12-6-5-11(7-14)15-8-12/h5-6,8,16-17H,3-4,9-10H2,1-2H3. The molecule has 20 heavy (non-hydrogen) atoms. The summed E-state index contributed by atoms with van der Waals surface area (Å²) in [6.45, 7) is 3.92. The van der Waals surface area contributed by atoms with E-state index in [1.54, 1.807) is 0 Å². The Morgan fingerprint density at radius 2 is 2.05 bits per heavy atom. The van der Waals surface area contributed by atoms with Crippen LogP contribution in [0.1, 0.15) is 32.4 Å². The average Bonchev–Trinajstić information content (AvgIpc) is 2.49. The second kappa shape index (κ2) is 6.79. The van der Waals surface area contributed by atoms with E-state index in [0.29, 0.717) is 12.8 Å². The number of hydrogen-bond acceptors (Lipinski definition) is 5. The highest BCUT2D eigenvalue weighted by Crippen LogP contribution is 2.25. The van der Waals surface area contributed by atoms with E-state index in [1.807, 2.05) is 19.9 Å². The monoisotopic (exact) mass is 297 g/mol. The van der Waals surface area contributed by atoms with Crippen molar-refractivity contribution in [3.63, 3.8) is 0 Å². The number of aliphatic hydroxyl groups excluding tert-OH is 1. The fourth-order valence-electron chi connectivity index (χ4n) is 1.72. The predicted octanol–water partition coefficient (Wildman–Crippen LogP) is 1.03. The van der Waals surface area contributed by atoms with Gasteiger partial charge in [-0.15, -0.1) is 0 Å². The van der Waals surface area contributed by atoms with E-state index < -0.39 is 15.4 Å². The van der Waals surface area contributed by atoms with Gasteiger partial charge in [-0.05, 0) is 25.0 Å².